The number of rotatable bonds is 1. The first kappa shape index (κ1) is 20.1. The Morgan fingerprint density at radius 1 is 1.17 bits per heavy atom. The maximum Gasteiger partial charge on any atom is 0.0844 e. The summed E-state index contributed by atoms with van der Waals surface area (Å²) < 4.78 is 0. The Hall–Kier alpha value is -0.960. The maximum absolute atomic E-state index is 9.87. The summed E-state index contributed by atoms with van der Waals surface area (Å²) in [4.78, 5) is 4.86. The van der Waals surface area contributed by atoms with Gasteiger partial charge in [0.25, 0.3) is 0 Å². The van der Waals surface area contributed by atoms with Gasteiger partial charge in [-0.1, -0.05) is 40.7 Å². The van der Waals surface area contributed by atoms with Crippen LogP contribution in [0.1, 0.15) is 61.3 Å². The van der Waals surface area contributed by atoms with Gasteiger partial charge < -0.3 is 10.0 Å². The molecule has 0 amide bonds. The Kier molecular flexibility index (Phi) is 6.76. The summed E-state index contributed by atoms with van der Waals surface area (Å²) in [6, 6.07) is 0.566. The van der Waals surface area contributed by atoms with Crippen LogP contribution in [0.2, 0.25) is 0 Å². The molecule has 0 aliphatic carbocycles. The van der Waals surface area contributed by atoms with Crippen molar-refractivity contribution in [3.8, 4) is 0 Å². The average molecular weight is 323 g/mol. The summed E-state index contributed by atoms with van der Waals surface area (Å²) in [6.45, 7) is 19.2. The summed E-state index contributed by atoms with van der Waals surface area (Å²) in [5, 5.41) is 9.87. The van der Waals surface area contributed by atoms with Crippen LogP contribution >= 0.6 is 0 Å². The van der Waals surface area contributed by atoms with Gasteiger partial charge in [-0.2, -0.15) is 0 Å². The first-order valence-corrected chi connectivity index (χ1v) is 9.04. The topological polar surface area (TPSA) is 26.7 Å². The summed E-state index contributed by atoms with van der Waals surface area (Å²) in [5.74, 6) is 0. The molecule has 1 fully saturated rings. The third-order valence-corrected chi connectivity index (χ3v) is 6.19. The zero-order valence-electron chi connectivity index (χ0n) is 16.6. The Bertz CT molecular complexity index is 449. The molecule has 1 atom stereocenters. The van der Waals surface area contributed by atoms with Crippen molar-refractivity contribution in [1.29, 1.82) is 0 Å². The van der Waals surface area contributed by atoms with E-state index >= 15 is 0 Å². The fourth-order valence-corrected chi connectivity index (χ4v) is 3.80. The second-order valence-corrected chi connectivity index (χ2v) is 8.38. The maximum atomic E-state index is 9.87. The molecule has 1 N–H and O–H groups in total. The van der Waals surface area contributed by atoms with E-state index in [0.717, 1.165) is 37.3 Å². The molecular formula is C20H38N2O. The molecule has 0 aromatic rings. The lowest BCUT2D eigenvalue weighted by molar-refractivity contribution is 0.0592. The van der Waals surface area contributed by atoms with Crippen LogP contribution in [0.5, 0.6) is 0 Å². The highest BCUT2D eigenvalue weighted by Crippen LogP contribution is 2.48. The first-order valence-electron chi connectivity index (χ1n) is 9.04. The second-order valence-electron chi connectivity index (χ2n) is 8.38. The predicted octanol–water partition coefficient (Wildman–Crippen LogP) is 4.82. The Balaban J connectivity index is 3.29. The number of hydrogen-bond acceptors (Lipinski definition) is 3. The molecule has 3 heteroatoms. The van der Waals surface area contributed by atoms with Crippen LogP contribution in [-0.2, 0) is 0 Å². The van der Waals surface area contributed by atoms with Crippen molar-refractivity contribution in [2.24, 2.45) is 10.8 Å². The number of aliphatic hydroxyl groups excluding tert-OH is 1. The predicted molar refractivity (Wildman–Crippen MR) is 101 cm³/mol. The zero-order valence-corrected chi connectivity index (χ0v) is 16.6. The molecule has 1 aliphatic rings. The molecule has 0 saturated carbocycles. The van der Waals surface area contributed by atoms with Crippen LogP contribution in [0.3, 0.4) is 0 Å². The van der Waals surface area contributed by atoms with Gasteiger partial charge in [-0.15, -0.1) is 0 Å². The molecule has 0 aromatic heterocycles. The van der Waals surface area contributed by atoms with E-state index in [2.05, 4.69) is 71.4 Å². The van der Waals surface area contributed by atoms with Crippen molar-refractivity contribution in [3.05, 3.63) is 23.6 Å². The lowest BCUT2D eigenvalue weighted by atomic mass is 9.62. The minimum atomic E-state index is 0.106. The van der Waals surface area contributed by atoms with Gasteiger partial charge in [-0.25, -0.2) is 0 Å². The molecule has 0 aromatic carbocycles. The molecule has 3 nitrogen and oxygen atoms in total. The third-order valence-electron chi connectivity index (χ3n) is 6.19. The minimum absolute atomic E-state index is 0.106. The van der Waals surface area contributed by atoms with Gasteiger partial charge in [0, 0.05) is 37.4 Å². The largest absolute Gasteiger partial charge is 0.515 e. The Morgan fingerprint density at radius 3 is 2.26 bits per heavy atom. The van der Waals surface area contributed by atoms with E-state index in [1.54, 1.807) is 0 Å². The van der Waals surface area contributed by atoms with E-state index in [1.165, 1.54) is 12.7 Å². The molecule has 134 valence electrons. The van der Waals surface area contributed by atoms with Crippen LogP contribution < -0.4 is 0 Å². The molecule has 1 heterocycles. The monoisotopic (exact) mass is 322 g/mol. The van der Waals surface area contributed by atoms with Crippen molar-refractivity contribution < 1.29 is 5.11 Å². The summed E-state index contributed by atoms with van der Waals surface area (Å²) in [6.07, 6.45) is 5.51. The van der Waals surface area contributed by atoms with Gasteiger partial charge in [0.05, 0.1) is 6.26 Å². The van der Waals surface area contributed by atoms with Crippen molar-refractivity contribution in [1.82, 2.24) is 9.80 Å². The minimum Gasteiger partial charge on any atom is -0.515 e. The van der Waals surface area contributed by atoms with Crippen molar-refractivity contribution >= 4 is 0 Å². The molecule has 0 spiro atoms. The quantitative estimate of drug-likeness (QED) is 0.701. The van der Waals surface area contributed by atoms with Crippen LogP contribution in [0, 0.1) is 10.8 Å². The van der Waals surface area contributed by atoms with E-state index in [1.807, 2.05) is 0 Å². The molecule has 1 aliphatic heterocycles. The highest BCUT2D eigenvalue weighted by Gasteiger charge is 2.40. The van der Waals surface area contributed by atoms with E-state index in [-0.39, 0.29) is 10.8 Å². The number of hydrogen-bond donors (Lipinski definition) is 1. The number of aliphatic hydroxyl groups is 1. The van der Waals surface area contributed by atoms with Gasteiger partial charge >= 0.3 is 0 Å². The van der Waals surface area contributed by atoms with Crippen molar-refractivity contribution in [2.45, 2.75) is 67.3 Å². The van der Waals surface area contributed by atoms with E-state index in [4.69, 9.17) is 0 Å². The van der Waals surface area contributed by atoms with Crippen LogP contribution in [-0.4, -0.2) is 47.6 Å². The van der Waals surface area contributed by atoms with E-state index in [0.29, 0.717) is 6.04 Å². The Labute approximate surface area is 144 Å². The number of likely N-dealkylation sites (N-methyl/N-ethyl adjacent to an activating group) is 2. The lowest BCUT2D eigenvalue weighted by Crippen LogP contribution is -2.42. The second kappa shape index (κ2) is 7.74. The summed E-state index contributed by atoms with van der Waals surface area (Å²) in [7, 11) is 2.13. The zero-order chi connectivity index (χ0) is 17.8. The molecule has 23 heavy (non-hydrogen) atoms. The number of nitrogens with zero attached hydrogens (tertiary/aromatic N) is 2. The normalized spacial score (nSPS) is 30.4. The average Bonchev–Trinajstić information content (AvgIpc) is 2.46. The van der Waals surface area contributed by atoms with Gasteiger partial charge in [0.2, 0.25) is 0 Å². The Morgan fingerprint density at radius 2 is 1.78 bits per heavy atom. The van der Waals surface area contributed by atoms with E-state index in [9.17, 15) is 5.11 Å². The first-order chi connectivity index (χ1) is 10.6. The van der Waals surface area contributed by atoms with Gasteiger partial charge in [-0.05, 0) is 44.1 Å². The van der Waals surface area contributed by atoms with E-state index < -0.39 is 0 Å². The van der Waals surface area contributed by atoms with Crippen LogP contribution in [0.15, 0.2) is 23.6 Å². The molecule has 0 bridgehead atoms. The highest BCUT2D eigenvalue weighted by atomic mass is 16.2. The van der Waals surface area contributed by atoms with Crippen molar-refractivity contribution in [3.63, 3.8) is 0 Å². The summed E-state index contributed by atoms with van der Waals surface area (Å²) >= 11 is 0. The van der Waals surface area contributed by atoms with Crippen molar-refractivity contribution in [2.75, 3.05) is 26.7 Å². The van der Waals surface area contributed by atoms with Crippen LogP contribution in [0.25, 0.3) is 0 Å². The molecule has 1 unspecified atom stereocenters. The molecule has 1 rings (SSSR count). The standard InChI is InChI=1S/C20H38N2O/c1-9-18-17(15-23)14-20(6,7)19(4,5)13-16(3)22(10-2)12-11-21(18)8/h9,15-16,23H,10-14H2,1-8H3/b17-15-,18-9+. The molecule has 0 radical (unpaired) electrons. The lowest BCUT2D eigenvalue weighted by Gasteiger charge is -2.45. The number of allylic oxidation sites excluding steroid dienone is 2. The van der Waals surface area contributed by atoms with Crippen LogP contribution in [0.4, 0.5) is 0 Å². The third kappa shape index (κ3) is 4.53. The van der Waals surface area contributed by atoms with Gasteiger partial charge in [0.1, 0.15) is 0 Å². The summed E-state index contributed by atoms with van der Waals surface area (Å²) in [5.41, 5.74) is 2.50. The molecular weight excluding hydrogens is 284 g/mol. The highest BCUT2D eigenvalue weighted by molar-refractivity contribution is 5.29. The van der Waals surface area contributed by atoms with Gasteiger partial charge in [0.15, 0.2) is 0 Å². The fourth-order valence-electron chi connectivity index (χ4n) is 3.80. The van der Waals surface area contributed by atoms with Gasteiger partial charge in [-0.3, -0.25) is 4.90 Å². The fraction of sp³-hybridized carbons (Fsp3) is 0.800. The molecule has 1 saturated heterocycles. The SMILES string of the molecule is C/C=C1\C(=C/O)CC(C)(C)C(C)(C)CC(C)N(CC)CCN1C. The smallest absolute Gasteiger partial charge is 0.0844 e.